The minimum atomic E-state index is -2.76. The Labute approximate surface area is 98.6 Å². The van der Waals surface area contributed by atoms with Crippen LogP contribution in [0.1, 0.15) is 23.2 Å². The maximum absolute atomic E-state index is 12.5. The van der Waals surface area contributed by atoms with Gasteiger partial charge in [-0.1, -0.05) is 15.9 Å². The van der Waals surface area contributed by atoms with Crippen LogP contribution in [-0.2, 0) is 16.5 Å². The Morgan fingerprint density at radius 2 is 2.25 bits per heavy atom. The molecule has 0 aliphatic carbocycles. The lowest BCUT2D eigenvalue weighted by atomic mass is 10.1. The van der Waals surface area contributed by atoms with Gasteiger partial charge in [0.05, 0.1) is 17.7 Å². The lowest BCUT2D eigenvalue weighted by molar-refractivity contribution is -0.136. The number of nitrogen functional groups attached to an aromatic ring is 1. The van der Waals surface area contributed by atoms with Gasteiger partial charge in [-0.05, 0) is 0 Å². The molecule has 0 radical (unpaired) electrons. The minimum absolute atomic E-state index is 0.141. The number of pyridine rings is 1. The average molecular weight is 295 g/mol. The zero-order valence-corrected chi connectivity index (χ0v) is 9.67. The molecule has 0 aliphatic heterocycles. The number of aromatic nitrogens is 1. The van der Waals surface area contributed by atoms with Gasteiger partial charge >= 0.3 is 5.97 Å². The van der Waals surface area contributed by atoms with Crippen LogP contribution in [0.2, 0.25) is 0 Å². The van der Waals surface area contributed by atoms with Gasteiger partial charge in [0, 0.05) is 22.8 Å². The Balaban J connectivity index is 3.28. The minimum Gasteiger partial charge on any atom is -0.481 e. The number of halogens is 3. The van der Waals surface area contributed by atoms with Crippen LogP contribution in [0.4, 0.5) is 14.5 Å². The van der Waals surface area contributed by atoms with Crippen molar-refractivity contribution in [2.75, 3.05) is 5.73 Å². The van der Waals surface area contributed by atoms with Gasteiger partial charge < -0.3 is 10.8 Å². The van der Waals surface area contributed by atoms with Crippen molar-refractivity contribution in [3.8, 4) is 0 Å². The van der Waals surface area contributed by atoms with E-state index in [-0.39, 0.29) is 16.6 Å². The molecule has 0 amide bonds. The predicted molar refractivity (Wildman–Crippen MR) is 57.6 cm³/mol. The van der Waals surface area contributed by atoms with Crippen LogP contribution in [0.3, 0.4) is 0 Å². The largest absolute Gasteiger partial charge is 0.481 e. The molecule has 0 spiro atoms. The maximum atomic E-state index is 12.5. The number of hydrogen-bond donors (Lipinski definition) is 2. The molecule has 0 saturated heterocycles. The molecular weight excluding hydrogens is 286 g/mol. The number of carboxylic acids is 1. The third kappa shape index (κ3) is 2.66. The first kappa shape index (κ1) is 12.8. The third-order valence-electron chi connectivity index (χ3n) is 2.03. The Morgan fingerprint density at radius 1 is 1.62 bits per heavy atom. The highest BCUT2D eigenvalue weighted by molar-refractivity contribution is 9.08. The van der Waals surface area contributed by atoms with Gasteiger partial charge in [-0.3, -0.25) is 9.78 Å². The molecular formula is C9H9BrF2N2O2. The van der Waals surface area contributed by atoms with E-state index in [1.807, 2.05) is 0 Å². The molecule has 0 unspecified atom stereocenters. The fraction of sp³-hybridized carbons (Fsp3) is 0.333. The van der Waals surface area contributed by atoms with E-state index in [2.05, 4.69) is 20.9 Å². The molecule has 1 heterocycles. The van der Waals surface area contributed by atoms with Crippen molar-refractivity contribution < 1.29 is 18.7 Å². The second kappa shape index (κ2) is 5.20. The summed E-state index contributed by atoms with van der Waals surface area (Å²) in [5, 5.41) is 8.92. The van der Waals surface area contributed by atoms with Gasteiger partial charge in [-0.15, -0.1) is 0 Å². The van der Waals surface area contributed by atoms with Crippen molar-refractivity contribution in [2.24, 2.45) is 0 Å². The summed E-state index contributed by atoms with van der Waals surface area (Å²) >= 11 is 3.10. The van der Waals surface area contributed by atoms with Crippen LogP contribution in [0.15, 0.2) is 6.20 Å². The summed E-state index contributed by atoms with van der Waals surface area (Å²) in [6, 6.07) is 0. The molecule has 0 atom stereocenters. The average Bonchev–Trinajstić information content (AvgIpc) is 2.19. The van der Waals surface area contributed by atoms with Gasteiger partial charge in [0.15, 0.2) is 0 Å². The summed E-state index contributed by atoms with van der Waals surface area (Å²) in [5.74, 6) is -1.14. The number of nitrogens with zero attached hydrogens (tertiary/aromatic N) is 1. The van der Waals surface area contributed by atoms with Gasteiger partial charge in [-0.25, -0.2) is 8.78 Å². The van der Waals surface area contributed by atoms with Crippen molar-refractivity contribution in [1.29, 1.82) is 0 Å². The van der Waals surface area contributed by atoms with E-state index in [1.165, 1.54) is 0 Å². The molecule has 0 aliphatic rings. The zero-order chi connectivity index (χ0) is 12.3. The SMILES string of the molecule is Nc1c(C(F)F)cnc(CBr)c1CC(=O)O. The highest BCUT2D eigenvalue weighted by Crippen LogP contribution is 2.29. The summed E-state index contributed by atoms with van der Waals surface area (Å²) < 4.78 is 25.0. The molecule has 16 heavy (non-hydrogen) atoms. The number of nitrogens with two attached hydrogens (primary N) is 1. The zero-order valence-electron chi connectivity index (χ0n) is 8.08. The maximum Gasteiger partial charge on any atom is 0.307 e. The number of rotatable bonds is 4. The van der Waals surface area contributed by atoms with Crippen LogP contribution in [-0.4, -0.2) is 16.1 Å². The Bertz CT molecular complexity index is 413. The first-order valence-electron chi connectivity index (χ1n) is 4.29. The van der Waals surface area contributed by atoms with Crippen molar-refractivity contribution in [2.45, 2.75) is 18.2 Å². The number of aliphatic carboxylic acids is 1. The first-order valence-corrected chi connectivity index (χ1v) is 5.41. The number of anilines is 1. The second-order valence-corrected chi connectivity index (χ2v) is 3.62. The van der Waals surface area contributed by atoms with Gasteiger partial charge in [0.2, 0.25) is 0 Å². The number of alkyl halides is 3. The van der Waals surface area contributed by atoms with Gasteiger partial charge in [-0.2, -0.15) is 0 Å². The molecule has 0 saturated carbocycles. The molecule has 0 aromatic carbocycles. The smallest absolute Gasteiger partial charge is 0.307 e. The molecule has 1 rings (SSSR count). The molecule has 7 heteroatoms. The second-order valence-electron chi connectivity index (χ2n) is 3.06. The lowest BCUT2D eigenvalue weighted by Gasteiger charge is -2.12. The fourth-order valence-corrected chi connectivity index (χ4v) is 1.75. The predicted octanol–water partition coefficient (Wildman–Crippen LogP) is 2.12. The summed E-state index contributed by atoms with van der Waals surface area (Å²) in [7, 11) is 0. The highest BCUT2D eigenvalue weighted by Gasteiger charge is 2.19. The molecule has 0 fully saturated rings. The van der Waals surface area contributed by atoms with E-state index in [0.29, 0.717) is 5.69 Å². The van der Waals surface area contributed by atoms with E-state index in [4.69, 9.17) is 10.8 Å². The van der Waals surface area contributed by atoms with E-state index >= 15 is 0 Å². The molecule has 0 bridgehead atoms. The van der Waals surface area contributed by atoms with Crippen molar-refractivity contribution >= 4 is 27.6 Å². The third-order valence-corrected chi connectivity index (χ3v) is 2.56. The summed E-state index contributed by atoms with van der Waals surface area (Å²) in [5.41, 5.74) is 5.39. The van der Waals surface area contributed by atoms with Crippen molar-refractivity contribution in [1.82, 2.24) is 4.98 Å². The van der Waals surface area contributed by atoms with E-state index in [0.717, 1.165) is 6.20 Å². The van der Waals surface area contributed by atoms with E-state index < -0.39 is 24.4 Å². The summed E-state index contributed by atoms with van der Waals surface area (Å²) in [6.07, 6.45) is -2.20. The number of carbonyl (C=O) groups is 1. The Morgan fingerprint density at radius 3 is 2.69 bits per heavy atom. The molecule has 88 valence electrons. The number of carboxylic acid groups (broad SMARTS) is 1. The van der Waals surface area contributed by atoms with E-state index in [9.17, 15) is 13.6 Å². The Hall–Kier alpha value is -1.24. The molecule has 1 aromatic rings. The first-order chi connectivity index (χ1) is 7.47. The van der Waals surface area contributed by atoms with Gasteiger partial charge in [0.25, 0.3) is 6.43 Å². The van der Waals surface area contributed by atoms with Crippen molar-refractivity contribution in [3.63, 3.8) is 0 Å². The fourth-order valence-electron chi connectivity index (χ4n) is 1.26. The molecule has 4 nitrogen and oxygen atoms in total. The van der Waals surface area contributed by atoms with Crippen LogP contribution in [0.5, 0.6) is 0 Å². The quantitative estimate of drug-likeness (QED) is 0.834. The van der Waals surface area contributed by atoms with Crippen LogP contribution < -0.4 is 5.73 Å². The normalized spacial score (nSPS) is 10.8. The summed E-state index contributed by atoms with van der Waals surface area (Å²) in [4.78, 5) is 14.3. The monoisotopic (exact) mass is 294 g/mol. The van der Waals surface area contributed by atoms with Crippen molar-refractivity contribution in [3.05, 3.63) is 23.0 Å². The molecule has 3 N–H and O–H groups in total. The van der Waals surface area contributed by atoms with E-state index in [1.54, 1.807) is 0 Å². The topological polar surface area (TPSA) is 76.2 Å². The van der Waals surface area contributed by atoms with Crippen LogP contribution in [0.25, 0.3) is 0 Å². The van der Waals surface area contributed by atoms with Crippen LogP contribution >= 0.6 is 15.9 Å². The standard InChI is InChI=1S/C9H9BrF2N2O2/c10-2-6-4(1-7(15)16)8(13)5(3-14-6)9(11)12/h3,9H,1-2H2,(H2,13,14)(H,15,16). The van der Waals surface area contributed by atoms with Crippen LogP contribution in [0, 0.1) is 0 Å². The van der Waals surface area contributed by atoms with Gasteiger partial charge in [0.1, 0.15) is 0 Å². The Kier molecular flexibility index (Phi) is 4.17. The summed E-state index contributed by atoms with van der Waals surface area (Å²) in [6.45, 7) is 0. The lowest BCUT2D eigenvalue weighted by Crippen LogP contribution is -2.10. The highest BCUT2D eigenvalue weighted by atomic mass is 79.9. The molecule has 1 aromatic heterocycles. The number of hydrogen-bond acceptors (Lipinski definition) is 3.